The zero-order valence-corrected chi connectivity index (χ0v) is 17.1. The van der Waals surface area contributed by atoms with Gasteiger partial charge in [0.15, 0.2) is 5.82 Å². The quantitative estimate of drug-likeness (QED) is 0.672. The van der Waals surface area contributed by atoms with E-state index in [0.29, 0.717) is 0 Å². The number of piperazine rings is 1. The SMILES string of the molecule is CCn1cc(CN2CCN(c3nc(-c4ccccc4)nc4c3CCC4)CC2)cn1. The molecule has 1 aromatic carbocycles. The van der Waals surface area contributed by atoms with E-state index in [-0.39, 0.29) is 0 Å². The molecule has 29 heavy (non-hydrogen) atoms. The molecule has 6 nitrogen and oxygen atoms in total. The van der Waals surface area contributed by atoms with E-state index in [2.05, 4.69) is 52.3 Å². The number of hydrogen-bond donors (Lipinski definition) is 0. The van der Waals surface area contributed by atoms with Gasteiger partial charge in [-0.1, -0.05) is 30.3 Å². The third kappa shape index (κ3) is 3.77. The zero-order chi connectivity index (χ0) is 19.6. The molecule has 0 amide bonds. The smallest absolute Gasteiger partial charge is 0.161 e. The van der Waals surface area contributed by atoms with E-state index in [4.69, 9.17) is 9.97 Å². The van der Waals surface area contributed by atoms with Crippen LogP contribution >= 0.6 is 0 Å². The number of nitrogens with zero attached hydrogens (tertiary/aromatic N) is 6. The molecule has 6 heteroatoms. The molecule has 0 spiro atoms. The van der Waals surface area contributed by atoms with Crippen molar-refractivity contribution in [1.29, 1.82) is 0 Å². The molecule has 150 valence electrons. The lowest BCUT2D eigenvalue weighted by atomic mass is 10.1. The van der Waals surface area contributed by atoms with Crippen LogP contribution in [0.25, 0.3) is 11.4 Å². The van der Waals surface area contributed by atoms with Crippen LogP contribution in [-0.2, 0) is 25.9 Å². The van der Waals surface area contributed by atoms with Crippen LogP contribution in [0.15, 0.2) is 42.7 Å². The van der Waals surface area contributed by atoms with Crippen LogP contribution in [0.3, 0.4) is 0 Å². The average Bonchev–Trinajstić information content (AvgIpc) is 3.43. The number of anilines is 1. The normalized spacial score (nSPS) is 16.9. The second-order valence-electron chi connectivity index (χ2n) is 7.98. The van der Waals surface area contributed by atoms with Crippen molar-refractivity contribution in [2.24, 2.45) is 0 Å². The molecule has 2 aliphatic rings. The Labute approximate surface area is 172 Å². The van der Waals surface area contributed by atoms with Crippen molar-refractivity contribution in [3.05, 3.63) is 59.5 Å². The first-order chi connectivity index (χ1) is 14.3. The molecule has 0 saturated carbocycles. The Morgan fingerprint density at radius 2 is 1.79 bits per heavy atom. The third-order valence-corrected chi connectivity index (χ3v) is 6.03. The van der Waals surface area contributed by atoms with Crippen molar-refractivity contribution < 1.29 is 0 Å². The fourth-order valence-corrected chi connectivity index (χ4v) is 4.43. The van der Waals surface area contributed by atoms with E-state index >= 15 is 0 Å². The molecule has 1 aliphatic carbocycles. The minimum Gasteiger partial charge on any atom is -0.354 e. The van der Waals surface area contributed by atoms with Gasteiger partial charge >= 0.3 is 0 Å². The van der Waals surface area contributed by atoms with Crippen molar-refractivity contribution >= 4 is 5.82 Å². The molecular weight excluding hydrogens is 360 g/mol. The second kappa shape index (κ2) is 7.95. The number of fused-ring (bicyclic) bond motifs is 1. The summed E-state index contributed by atoms with van der Waals surface area (Å²) in [6, 6.07) is 10.4. The Morgan fingerprint density at radius 3 is 2.55 bits per heavy atom. The van der Waals surface area contributed by atoms with Gasteiger partial charge in [-0.05, 0) is 26.2 Å². The lowest BCUT2D eigenvalue weighted by molar-refractivity contribution is 0.249. The van der Waals surface area contributed by atoms with E-state index < -0.39 is 0 Å². The molecule has 0 atom stereocenters. The fourth-order valence-electron chi connectivity index (χ4n) is 4.43. The summed E-state index contributed by atoms with van der Waals surface area (Å²) in [7, 11) is 0. The molecule has 0 unspecified atom stereocenters. The van der Waals surface area contributed by atoms with Crippen molar-refractivity contribution in [1.82, 2.24) is 24.6 Å². The minimum absolute atomic E-state index is 0.871. The van der Waals surface area contributed by atoms with E-state index in [1.165, 1.54) is 29.1 Å². The van der Waals surface area contributed by atoms with E-state index in [1.54, 1.807) is 0 Å². The molecule has 1 fully saturated rings. The van der Waals surface area contributed by atoms with Crippen molar-refractivity contribution in [3.8, 4) is 11.4 Å². The van der Waals surface area contributed by atoms with Crippen LogP contribution in [-0.4, -0.2) is 50.8 Å². The zero-order valence-electron chi connectivity index (χ0n) is 17.1. The number of rotatable bonds is 5. The van der Waals surface area contributed by atoms with Gasteiger partial charge in [0.2, 0.25) is 0 Å². The first-order valence-electron chi connectivity index (χ1n) is 10.7. The van der Waals surface area contributed by atoms with Crippen LogP contribution in [0.1, 0.15) is 30.2 Å². The Hall–Kier alpha value is -2.73. The van der Waals surface area contributed by atoms with E-state index in [9.17, 15) is 0 Å². The summed E-state index contributed by atoms with van der Waals surface area (Å²) in [5.41, 5.74) is 5.04. The molecule has 3 aromatic rings. The highest BCUT2D eigenvalue weighted by Gasteiger charge is 2.26. The summed E-state index contributed by atoms with van der Waals surface area (Å²) in [5, 5.41) is 4.40. The predicted octanol–water partition coefficient (Wildman–Crippen LogP) is 3.17. The molecule has 5 rings (SSSR count). The molecular formula is C23H28N6. The lowest BCUT2D eigenvalue weighted by Gasteiger charge is -2.36. The Bertz CT molecular complexity index is 972. The van der Waals surface area contributed by atoms with Gasteiger partial charge in [0, 0.05) is 67.8 Å². The maximum Gasteiger partial charge on any atom is 0.161 e. The number of aromatic nitrogens is 4. The summed E-state index contributed by atoms with van der Waals surface area (Å²) >= 11 is 0. The Kier molecular flexibility index (Phi) is 5.02. The summed E-state index contributed by atoms with van der Waals surface area (Å²) in [6.45, 7) is 8.16. The molecule has 2 aromatic heterocycles. The van der Waals surface area contributed by atoms with Crippen molar-refractivity contribution in [3.63, 3.8) is 0 Å². The predicted molar refractivity (Wildman–Crippen MR) is 115 cm³/mol. The molecule has 0 N–H and O–H groups in total. The largest absolute Gasteiger partial charge is 0.354 e. The first-order valence-corrected chi connectivity index (χ1v) is 10.7. The highest BCUT2D eigenvalue weighted by atomic mass is 15.3. The van der Waals surface area contributed by atoms with Gasteiger partial charge in [-0.15, -0.1) is 0 Å². The van der Waals surface area contributed by atoms with Gasteiger partial charge in [0.1, 0.15) is 5.82 Å². The van der Waals surface area contributed by atoms with Crippen LogP contribution < -0.4 is 4.90 Å². The topological polar surface area (TPSA) is 50.1 Å². The molecule has 1 aliphatic heterocycles. The summed E-state index contributed by atoms with van der Waals surface area (Å²) < 4.78 is 2.00. The summed E-state index contributed by atoms with van der Waals surface area (Å²) in [5.74, 6) is 2.04. The van der Waals surface area contributed by atoms with Gasteiger partial charge < -0.3 is 4.90 Å². The monoisotopic (exact) mass is 388 g/mol. The highest BCUT2D eigenvalue weighted by molar-refractivity contribution is 5.61. The maximum absolute atomic E-state index is 5.04. The molecule has 0 bridgehead atoms. The lowest BCUT2D eigenvalue weighted by Crippen LogP contribution is -2.46. The summed E-state index contributed by atoms with van der Waals surface area (Å²) in [4.78, 5) is 14.9. The van der Waals surface area contributed by atoms with Gasteiger partial charge in [0.05, 0.1) is 6.20 Å². The fraction of sp³-hybridized carbons (Fsp3) is 0.435. The van der Waals surface area contributed by atoms with Crippen LogP contribution in [0.2, 0.25) is 0 Å². The standard InChI is InChI=1S/C23H28N6/c1-2-29-17-18(15-24-29)16-27-11-13-28(14-12-27)23-20-9-6-10-21(20)25-22(26-23)19-7-4-3-5-8-19/h3-5,7-8,15,17H,2,6,9-14,16H2,1H3. The van der Waals surface area contributed by atoms with E-state index in [0.717, 1.165) is 63.5 Å². The Morgan fingerprint density at radius 1 is 0.966 bits per heavy atom. The first kappa shape index (κ1) is 18.3. The van der Waals surface area contributed by atoms with Crippen LogP contribution in [0.4, 0.5) is 5.82 Å². The van der Waals surface area contributed by atoms with E-state index in [1.807, 2.05) is 16.9 Å². The molecule has 3 heterocycles. The minimum atomic E-state index is 0.871. The van der Waals surface area contributed by atoms with Gasteiger partial charge in [-0.3, -0.25) is 9.58 Å². The van der Waals surface area contributed by atoms with Crippen molar-refractivity contribution in [2.45, 2.75) is 39.3 Å². The number of hydrogen-bond acceptors (Lipinski definition) is 5. The van der Waals surface area contributed by atoms with Crippen molar-refractivity contribution in [2.75, 3.05) is 31.1 Å². The maximum atomic E-state index is 5.04. The number of aryl methyl sites for hydroxylation is 2. The van der Waals surface area contributed by atoms with Crippen LogP contribution in [0.5, 0.6) is 0 Å². The summed E-state index contributed by atoms with van der Waals surface area (Å²) in [6.07, 6.45) is 7.54. The second-order valence-corrected chi connectivity index (χ2v) is 7.98. The third-order valence-electron chi connectivity index (χ3n) is 6.03. The number of benzene rings is 1. The average molecular weight is 389 g/mol. The van der Waals surface area contributed by atoms with Gasteiger partial charge in [-0.2, -0.15) is 5.10 Å². The molecule has 1 saturated heterocycles. The molecule has 0 radical (unpaired) electrons. The Balaban J connectivity index is 1.33. The van der Waals surface area contributed by atoms with Gasteiger partial charge in [-0.25, -0.2) is 9.97 Å². The van der Waals surface area contributed by atoms with Gasteiger partial charge in [0.25, 0.3) is 0 Å². The van der Waals surface area contributed by atoms with Crippen LogP contribution in [0, 0.1) is 0 Å². The highest BCUT2D eigenvalue weighted by Crippen LogP contribution is 2.32.